The number of hydrogen-bond acceptors (Lipinski definition) is 3. The number of benzene rings is 2. The van der Waals surface area contributed by atoms with Crippen molar-refractivity contribution in [2.75, 3.05) is 0 Å². The standard InChI is InChI=1S/C22H25N3O/c1-4-15-7-9-16(10-8-15)14-23-22(26)17-11-12-20-21(13-17)25-19(6-3)18(5-2)24-20/h7-13H,4-6,14H2,1-3H3,(H,23,26). The lowest BCUT2D eigenvalue weighted by Crippen LogP contribution is -2.22. The highest BCUT2D eigenvalue weighted by molar-refractivity contribution is 5.97. The maximum absolute atomic E-state index is 12.5. The van der Waals surface area contributed by atoms with Gasteiger partial charge >= 0.3 is 0 Å². The third-order valence-electron chi connectivity index (χ3n) is 4.64. The second kappa shape index (κ2) is 8.09. The van der Waals surface area contributed by atoms with Gasteiger partial charge in [-0.2, -0.15) is 0 Å². The van der Waals surface area contributed by atoms with Gasteiger partial charge in [-0.05, 0) is 48.6 Å². The number of aromatic nitrogens is 2. The predicted octanol–water partition coefficient (Wildman–Crippen LogP) is 4.25. The molecule has 4 nitrogen and oxygen atoms in total. The van der Waals surface area contributed by atoms with Crippen LogP contribution in [0.4, 0.5) is 0 Å². The van der Waals surface area contributed by atoms with E-state index in [1.807, 2.05) is 18.2 Å². The van der Waals surface area contributed by atoms with Gasteiger partial charge < -0.3 is 5.32 Å². The lowest BCUT2D eigenvalue weighted by Gasteiger charge is -2.09. The summed E-state index contributed by atoms with van der Waals surface area (Å²) in [7, 11) is 0. The molecule has 0 aliphatic heterocycles. The number of carbonyl (C=O) groups is 1. The van der Waals surface area contributed by atoms with E-state index in [1.54, 1.807) is 0 Å². The lowest BCUT2D eigenvalue weighted by atomic mass is 10.1. The van der Waals surface area contributed by atoms with Gasteiger partial charge in [0.1, 0.15) is 0 Å². The number of rotatable bonds is 6. The van der Waals surface area contributed by atoms with Crippen LogP contribution in [0, 0.1) is 0 Å². The fraction of sp³-hybridized carbons (Fsp3) is 0.318. The summed E-state index contributed by atoms with van der Waals surface area (Å²) < 4.78 is 0. The van der Waals surface area contributed by atoms with E-state index >= 15 is 0 Å². The lowest BCUT2D eigenvalue weighted by molar-refractivity contribution is 0.0951. The van der Waals surface area contributed by atoms with E-state index in [9.17, 15) is 4.79 Å². The fourth-order valence-corrected chi connectivity index (χ4v) is 3.01. The van der Waals surface area contributed by atoms with Crippen LogP contribution >= 0.6 is 0 Å². The number of amides is 1. The maximum Gasteiger partial charge on any atom is 0.251 e. The number of hydrogen-bond donors (Lipinski definition) is 1. The van der Waals surface area contributed by atoms with Crippen LogP contribution in [-0.2, 0) is 25.8 Å². The highest BCUT2D eigenvalue weighted by atomic mass is 16.1. The van der Waals surface area contributed by atoms with Gasteiger partial charge in [0.05, 0.1) is 22.4 Å². The smallest absolute Gasteiger partial charge is 0.251 e. The van der Waals surface area contributed by atoms with Crippen LogP contribution in [0.25, 0.3) is 11.0 Å². The quantitative estimate of drug-likeness (QED) is 0.725. The van der Waals surface area contributed by atoms with E-state index in [1.165, 1.54) is 5.56 Å². The van der Waals surface area contributed by atoms with Crippen LogP contribution in [0.5, 0.6) is 0 Å². The third kappa shape index (κ3) is 3.90. The number of carbonyl (C=O) groups excluding carboxylic acids is 1. The van der Waals surface area contributed by atoms with E-state index in [2.05, 4.69) is 55.3 Å². The van der Waals surface area contributed by atoms with E-state index in [0.29, 0.717) is 12.1 Å². The molecular formula is C22H25N3O. The van der Waals surface area contributed by atoms with Crippen molar-refractivity contribution in [3.63, 3.8) is 0 Å². The molecule has 0 radical (unpaired) electrons. The summed E-state index contributed by atoms with van der Waals surface area (Å²) >= 11 is 0. The van der Waals surface area contributed by atoms with Crippen LogP contribution in [0.15, 0.2) is 42.5 Å². The Labute approximate surface area is 154 Å². The van der Waals surface area contributed by atoms with E-state index in [4.69, 9.17) is 4.98 Å². The molecule has 0 fully saturated rings. The highest BCUT2D eigenvalue weighted by Crippen LogP contribution is 2.16. The summed E-state index contributed by atoms with van der Waals surface area (Å²) in [5.41, 5.74) is 6.66. The minimum atomic E-state index is -0.0918. The van der Waals surface area contributed by atoms with Crippen molar-refractivity contribution < 1.29 is 4.79 Å². The minimum Gasteiger partial charge on any atom is -0.348 e. The van der Waals surface area contributed by atoms with Gasteiger partial charge in [-0.1, -0.05) is 45.0 Å². The number of fused-ring (bicyclic) bond motifs is 1. The Morgan fingerprint density at radius 3 is 2.04 bits per heavy atom. The molecule has 0 bridgehead atoms. The predicted molar refractivity (Wildman–Crippen MR) is 105 cm³/mol. The van der Waals surface area contributed by atoms with Crippen molar-refractivity contribution in [2.24, 2.45) is 0 Å². The van der Waals surface area contributed by atoms with Gasteiger partial charge in [0.2, 0.25) is 0 Å². The molecule has 1 heterocycles. The summed E-state index contributed by atoms with van der Waals surface area (Å²) in [6, 6.07) is 13.9. The molecule has 0 aliphatic rings. The zero-order valence-electron chi connectivity index (χ0n) is 15.7. The molecule has 1 amide bonds. The zero-order chi connectivity index (χ0) is 18.5. The first-order valence-corrected chi connectivity index (χ1v) is 9.30. The highest BCUT2D eigenvalue weighted by Gasteiger charge is 2.10. The Morgan fingerprint density at radius 2 is 1.42 bits per heavy atom. The molecule has 0 aliphatic carbocycles. The largest absolute Gasteiger partial charge is 0.348 e. The van der Waals surface area contributed by atoms with E-state index in [0.717, 1.165) is 47.2 Å². The SMILES string of the molecule is CCc1ccc(CNC(=O)c2ccc3nc(CC)c(CC)nc3c2)cc1. The van der Waals surface area contributed by atoms with Crippen LogP contribution in [0.2, 0.25) is 0 Å². The van der Waals surface area contributed by atoms with Crippen LogP contribution in [0.3, 0.4) is 0 Å². The van der Waals surface area contributed by atoms with Gasteiger partial charge in [-0.3, -0.25) is 4.79 Å². The molecule has 1 N–H and O–H groups in total. The first kappa shape index (κ1) is 18.1. The fourth-order valence-electron chi connectivity index (χ4n) is 3.01. The average Bonchev–Trinajstić information content (AvgIpc) is 2.70. The Kier molecular flexibility index (Phi) is 5.61. The summed E-state index contributed by atoms with van der Waals surface area (Å²) in [5.74, 6) is -0.0918. The van der Waals surface area contributed by atoms with Crippen molar-refractivity contribution in [1.29, 1.82) is 0 Å². The molecule has 3 aromatic rings. The normalized spacial score (nSPS) is 10.9. The molecule has 1 aromatic heterocycles. The second-order valence-corrected chi connectivity index (χ2v) is 6.38. The topological polar surface area (TPSA) is 54.9 Å². The Morgan fingerprint density at radius 1 is 0.808 bits per heavy atom. The molecular weight excluding hydrogens is 322 g/mol. The number of aryl methyl sites for hydroxylation is 3. The Balaban J connectivity index is 1.77. The van der Waals surface area contributed by atoms with Gasteiger partial charge in [0.15, 0.2) is 0 Å². The molecule has 0 spiro atoms. The molecule has 0 saturated carbocycles. The van der Waals surface area contributed by atoms with Crippen LogP contribution < -0.4 is 5.32 Å². The summed E-state index contributed by atoms with van der Waals surface area (Å²) in [4.78, 5) is 21.9. The second-order valence-electron chi connectivity index (χ2n) is 6.38. The van der Waals surface area contributed by atoms with Crippen molar-refractivity contribution in [3.05, 3.63) is 70.5 Å². The van der Waals surface area contributed by atoms with E-state index in [-0.39, 0.29) is 5.91 Å². The molecule has 26 heavy (non-hydrogen) atoms. The van der Waals surface area contributed by atoms with E-state index < -0.39 is 0 Å². The molecule has 4 heteroatoms. The summed E-state index contributed by atoms with van der Waals surface area (Å²) in [5, 5.41) is 2.98. The van der Waals surface area contributed by atoms with Gasteiger partial charge in [-0.25, -0.2) is 9.97 Å². The van der Waals surface area contributed by atoms with Crippen molar-refractivity contribution >= 4 is 16.9 Å². The first-order chi connectivity index (χ1) is 12.6. The molecule has 0 saturated heterocycles. The summed E-state index contributed by atoms with van der Waals surface area (Å²) in [6.45, 7) is 6.81. The average molecular weight is 347 g/mol. The summed E-state index contributed by atoms with van der Waals surface area (Å²) in [6.07, 6.45) is 2.73. The maximum atomic E-state index is 12.5. The van der Waals surface area contributed by atoms with Crippen LogP contribution in [-0.4, -0.2) is 15.9 Å². The molecule has 134 valence electrons. The number of nitrogens with zero attached hydrogens (tertiary/aromatic N) is 2. The monoisotopic (exact) mass is 347 g/mol. The van der Waals surface area contributed by atoms with Crippen LogP contribution in [0.1, 0.15) is 53.6 Å². The molecule has 2 aromatic carbocycles. The molecule has 3 rings (SSSR count). The van der Waals surface area contributed by atoms with Gasteiger partial charge in [-0.15, -0.1) is 0 Å². The third-order valence-corrected chi connectivity index (χ3v) is 4.64. The Hall–Kier alpha value is -2.75. The van der Waals surface area contributed by atoms with Gasteiger partial charge in [0, 0.05) is 12.1 Å². The van der Waals surface area contributed by atoms with Crippen molar-refractivity contribution in [2.45, 2.75) is 46.6 Å². The minimum absolute atomic E-state index is 0.0918. The van der Waals surface area contributed by atoms with Crippen molar-refractivity contribution in [3.8, 4) is 0 Å². The molecule has 0 unspecified atom stereocenters. The zero-order valence-corrected chi connectivity index (χ0v) is 15.7. The van der Waals surface area contributed by atoms with Crippen molar-refractivity contribution in [1.82, 2.24) is 15.3 Å². The molecule has 0 atom stereocenters. The van der Waals surface area contributed by atoms with Gasteiger partial charge in [0.25, 0.3) is 5.91 Å². The Bertz CT molecular complexity index is 917. The number of nitrogens with one attached hydrogen (secondary N) is 1. The first-order valence-electron chi connectivity index (χ1n) is 9.30.